The molecule has 0 saturated carbocycles. The molecule has 1 rings (SSSR count). The first-order valence-electron chi connectivity index (χ1n) is 4.75. The minimum Gasteiger partial charge on any atom is -0.324 e. The molecule has 0 aliphatic carbocycles. The van der Waals surface area contributed by atoms with Crippen molar-refractivity contribution in [2.75, 3.05) is 13.1 Å². The van der Waals surface area contributed by atoms with E-state index in [2.05, 4.69) is 12.2 Å². The summed E-state index contributed by atoms with van der Waals surface area (Å²) in [6.07, 6.45) is 2.06. The Morgan fingerprint density at radius 2 is 2.23 bits per heavy atom. The smallest absolute Gasteiger partial charge is 0.324 e. The van der Waals surface area contributed by atoms with E-state index < -0.39 is 0 Å². The van der Waals surface area contributed by atoms with Gasteiger partial charge in [0, 0.05) is 13.1 Å². The van der Waals surface area contributed by atoms with Gasteiger partial charge in [0.1, 0.15) is 0 Å². The molecule has 0 spiro atoms. The Morgan fingerprint density at radius 1 is 1.54 bits per heavy atom. The highest BCUT2D eigenvalue weighted by atomic mass is 16.2. The van der Waals surface area contributed by atoms with Gasteiger partial charge < -0.3 is 4.90 Å². The van der Waals surface area contributed by atoms with Crippen LogP contribution in [0.3, 0.4) is 0 Å². The summed E-state index contributed by atoms with van der Waals surface area (Å²) in [7, 11) is 0. The second kappa shape index (κ2) is 4.25. The van der Waals surface area contributed by atoms with E-state index in [4.69, 9.17) is 0 Å². The van der Waals surface area contributed by atoms with Gasteiger partial charge in [-0.2, -0.15) is 0 Å². The van der Waals surface area contributed by atoms with Crippen molar-refractivity contribution in [3.63, 3.8) is 0 Å². The van der Waals surface area contributed by atoms with Crippen molar-refractivity contribution in [3.8, 4) is 0 Å². The van der Waals surface area contributed by atoms with E-state index in [1.807, 2.05) is 6.92 Å². The minimum atomic E-state index is -0.239. The van der Waals surface area contributed by atoms with Crippen molar-refractivity contribution in [3.05, 3.63) is 0 Å². The van der Waals surface area contributed by atoms with E-state index in [0.717, 1.165) is 19.4 Å². The van der Waals surface area contributed by atoms with Gasteiger partial charge >= 0.3 is 6.03 Å². The third kappa shape index (κ3) is 2.44. The van der Waals surface area contributed by atoms with Crippen molar-refractivity contribution in [2.45, 2.75) is 26.7 Å². The summed E-state index contributed by atoms with van der Waals surface area (Å²) in [5.74, 6) is -0.229. The lowest BCUT2D eigenvalue weighted by atomic mass is 10.1. The van der Waals surface area contributed by atoms with Gasteiger partial charge in [0.15, 0.2) is 0 Å². The Hall–Kier alpha value is -1.06. The van der Waals surface area contributed by atoms with E-state index in [1.54, 1.807) is 4.90 Å². The van der Waals surface area contributed by atoms with Crippen molar-refractivity contribution >= 4 is 11.9 Å². The standard InChI is InChI=1S/C9H16N2O2/c1-3-4-5-11-6-7(2)8(12)10-9(11)13/h7H,3-6H2,1-2H3,(H,10,12,13). The first-order chi connectivity index (χ1) is 6.15. The minimum absolute atomic E-state index is 0.0745. The van der Waals surface area contributed by atoms with Crippen LogP contribution in [0.15, 0.2) is 0 Å². The van der Waals surface area contributed by atoms with Crippen LogP contribution in [0.25, 0.3) is 0 Å². The first-order valence-corrected chi connectivity index (χ1v) is 4.75. The molecule has 4 nitrogen and oxygen atoms in total. The average Bonchev–Trinajstić information content (AvgIpc) is 2.09. The molecule has 3 amide bonds. The van der Waals surface area contributed by atoms with Gasteiger partial charge in [0.25, 0.3) is 0 Å². The van der Waals surface area contributed by atoms with Crippen molar-refractivity contribution in [2.24, 2.45) is 5.92 Å². The van der Waals surface area contributed by atoms with E-state index in [-0.39, 0.29) is 17.9 Å². The van der Waals surface area contributed by atoms with Crippen LogP contribution in [0, 0.1) is 5.92 Å². The van der Waals surface area contributed by atoms with Gasteiger partial charge in [-0.3, -0.25) is 10.1 Å². The number of nitrogens with one attached hydrogen (secondary N) is 1. The number of carbonyl (C=O) groups excluding carboxylic acids is 2. The van der Waals surface area contributed by atoms with Crippen LogP contribution in [0.5, 0.6) is 0 Å². The van der Waals surface area contributed by atoms with Gasteiger partial charge in [0.05, 0.1) is 5.92 Å². The second-order valence-electron chi connectivity index (χ2n) is 3.50. The molecule has 1 aliphatic rings. The lowest BCUT2D eigenvalue weighted by Crippen LogP contribution is -2.53. The second-order valence-corrected chi connectivity index (χ2v) is 3.50. The van der Waals surface area contributed by atoms with E-state index in [0.29, 0.717) is 6.54 Å². The number of unbranched alkanes of at least 4 members (excludes halogenated alkanes) is 1. The van der Waals surface area contributed by atoms with Gasteiger partial charge in [0.2, 0.25) is 5.91 Å². The van der Waals surface area contributed by atoms with Gasteiger partial charge in [-0.1, -0.05) is 20.3 Å². The Bertz CT molecular complexity index is 216. The highest BCUT2D eigenvalue weighted by Crippen LogP contribution is 2.08. The molecule has 1 atom stereocenters. The number of nitrogens with zero attached hydrogens (tertiary/aromatic N) is 1. The first kappa shape index (κ1) is 10.0. The summed E-state index contributed by atoms with van der Waals surface area (Å²) in [6, 6.07) is -0.239. The van der Waals surface area contributed by atoms with Crippen LogP contribution in [-0.2, 0) is 4.79 Å². The lowest BCUT2D eigenvalue weighted by molar-refractivity contribution is -0.125. The van der Waals surface area contributed by atoms with Gasteiger partial charge in [-0.05, 0) is 6.42 Å². The summed E-state index contributed by atoms with van der Waals surface area (Å²) >= 11 is 0. The largest absolute Gasteiger partial charge is 0.324 e. The fourth-order valence-electron chi connectivity index (χ4n) is 1.35. The Kier molecular flexibility index (Phi) is 3.28. The molecule has 1 saturated heterocycles. The molecular formula is C9H16N2O2. The van der Waals surface area contributed by atoms with E-state index in [1.165, 1.54) is 0 Å². The van der Waals surface area contributed by atoms with Gasteiger partial charge in [-0.25, -0.2) is 4.79 Å². The Balaban J connectivity index is 2.46. The number of amides is 3. The third-order valence-electron chi connectivity index (χ3n) is 2.24. The molecule has 1 heterocycles. The van der Waals surface area contributed by atoms with Crippen LogP contribution in [0.1, 0.15) is 26.7 Å². The van der Waals surface area contributed by atoms with Crippen LogP contribution < -0.4 is 5.32 Å². The third-order valence-corrected chi connectivity index (χ3v) is 2.24. The molecule has 0 aromatic carbocycles. The predicted octanol–water partition coefficient (Wildman–Crippen LogP) is 0.974. The maximum Gasteiger partial charge on any atom is 0.324 e. The van der Waals surface area contributed by atoms with Gasteiger partial charge in [-0.15, -0.1) is 0 Å². The molecule has 0 aromatic rings. The Labute approximate surface area is 78.3 Å². The highest BCUT2D eigenvalue weighted by Gasteiger charge is 2.28. The molecule has 0 bridgehead atoms. The average molecular weight is 184 g/mol. The normalized spacial score (nSPS) is 23.2. The summed E-state index contributed by atoms with van der Waals surface area (Å²) in [5, 5.41) is 2.34. The topological polar surface area (TPSA) is 49.4 Å². The number of hydrogen-bond acceptors (Lipinski definition) is 2. The van der Waals surface area contributed by atoms with E-state index >= 15 is 0 Å². The van der Waals surface area contributed by atoms with Crippen LogP contribution in [0.2, 0.25) is 0 Å². The number of imide groups is 1. The van der Waals surface area contributed by atoms with Crippen molar-refractivity contribution < 1.29 is 9.59 Å². The molecule has 1 unspecified atom stereocenters. The summed E-state index contributed by atoms with van der Waals surface area (Å²) < 4.78 is 0. The maximum atomic E-state index is 11.3. The van der Waals surface area contributed by atoms with Crippen molar-refractivity contribution in [1.29, 1.82) is 0 Å². The Morgan fingerprint density at radius 3 is 2.85 bits per heavy atom. The molecule has 0 radical (unpaired) electrons. The summed E-state index contributed by atoms with van der Waals surface area (Å²) in [6.45, 7) is 5.22. The molecule has 1 aliphatic heterocycles. The molecule has 1 fully saturated rings. The molecular weight excluding hydrogens is 168 g/mol. The summed E-state index contributed by atoms with van der Waals surface area (Å²) in [4.78, 5) is 24.0. The number of hydrogen-bond donors (Lipinski definition) is 1. The fourth-order valence-corrected chi connectivity index (χ4v) is 1.35. The number of rotatable bonds is 3. The molecule has 13 heavy (non-hydrogen) atoms. The fraction of sp³-hybridized carbons (Fsp3) is 0.778. The highest BCUT2D eigenvalue weighted by molar-refractivity contribution is 5.97. The zero-order valence-electron chi connectivity index (χ0n) is 8.17. The number of urea groups is 1. The molecule has 1 N–H and O–H groups in total. The van der Waals surface area contributed by atoms with Crippen molar-refractivity contribution in [1.82, 2.24) is 10.2 Å². The SMILES string of the molecule is CCCCN1CC(C)C(=O)NC1=O. The monoisotopic (exact) mass is 184 g/mol. The predicted molar refractivity (Wildman–Crippen MR) is 49.2 cm³/mol. The molecule has 74 valence electrons. The maximum absolute atomic E-state index is 11.3. The van der Waals surface area contributed by atoms with Crippen LogP contribution in [0.4, 0.5) is 4.79 Å². The molecule has 4 heteroatoms. The van der Waals surface area contributed by atoms with E-state index in [9.17, 15) is 9.59 Å². The zero-order valence-corrected chi connectivity index (χ0v) is 8.17. The van der Waals surface area contributed by atoms with Crippen LogP contribution >= 0.6 is 0 Å². The number of carbonyl (C=O) groups is 2. The van der Waals surface area contributed by atoms with Crippen LogP contribution in [-0.4, -0.2) is 29.9 Å². The summed E-state index contributed by atoms with van der Waals surface area (Å²) in [5.41, 5.74) is 0. The zero-order chi connectivity index (χ0) is 9.84. The lowest BCUT2D eigenvalue weighted by Gasteiger charge is -2.30. The quantitative estimate of drug-likeness (QED) is 0.710. The molecule has 0 aromatic heterocycles.